The van der Waals surface area contributed by atoms with E-state index in [9.17, 15) is 14.0 Å². The number of hydrogen-bond donors (Lipinski definition) is 1. The summed E-state index contributed by atoms with van der Waals surface area (Å²) in [6.45, 7) is 6.32. The molecule has 3 rings (SSSR count). The molecule has 0 saturated carbocycles. The highest BCUT2D eigenvalue weighted by atomic mass is 19.1. The summed E-state index contributed by atoms with van der Waals surface area (Å²) in [5.74, 6) is -0.482. The predicted octanol–water partition coefficient (Wildman–Crippen LogP) is 2.67. The van der Waals surface area contributed by atoms with E-state index in [1.807, 2.05) is 19.9 Å². The number of likely N-dealkylation sites (tertiary alicyclic amines) is 1. The van der Waals surface area contributed by atoms with E-state index in [1.54, 1.807) is 12.1 Å². The van der Waals surface area contributed by atoms with E-state index in [2.05, 4.69) is 9.47 Å². The molecule has 0 unspecified atom stereocenters. The highest BCUT2D eigenvalue weighted by molar-refractivity contribution is 5.99. The van der Waals surface area contributed by atoms with Gasteiger partial charge < -0.3 is 10.3 Å². The topological polar surface area (TPSA) is 68.3 Å². The Bertz CT molecular complexity index is 834. The SMILES string of the molecule is Cc1cc(C(=O)CN2CCC(C(N)=O)CC2)c(C)n1Cc1ccc(F)cc1. The van der Waals surface area contributed by atoms with Crippen LogP contribution in [0.3, 0.4) is 0 Å². The second kappa shape index (κ2) is 8.05. The number of benzene rings is 1. The molecular formula is C21H26FN3O2. The zero-order valence-electron chi connectivity index (χ0n) is 15.9. The first-order chi connectivity index (χ1) is 12.8. The van der Waals surface area contributed by atoms with Crippen LogP contribution >= 0.6 is 0 Å². The predicted molar refractivity (Wildman–Crippen MR) is 102 cm³/mol. The van der Waals surface area contributed by atoms with Gasteiger partial charge in [-0.2, -0.15) is 0 Å². The van der Waals surface area contributed by atoms with Crippen molar-refractivity contribution < 1.29 is 14.0 Å². The van der Waals surface area contributed by atoms with Crippen molar-refractivity contribution in [1.29, 1.82) is 0 Å². The van der Waals surface area contributed by atoms with Crippen molar-refractivity contribution in [3.63, 3.8) is 0 Å². The molecule has 0 radical (unpaired) electrons. The molecule has 1 aromatic heterocycles. The van der Waals surface area contributed by atoms with Crippen LogP contribution in [0.4, 0.5) is 4.39 Å². The van der Waals surface area contributed by atoms with Gasteiger partial charge in [-0.15, -0.1) is 0 Å². The zero-order valence-corrected chi connectivity index (χ0v) is 15.9. The molecule has 1 amide bonds. The number of Topliss-reactive ketones (excluding diaryl/α,β-unsaturated/α-hetero) is 1. The third kappa shape index (κ3) is 4.45. The maximum absolute atomic E-state index is 13.1. The first kappa shape index (κ1) is 19.3. The third-order valence-corrected chi connectivity index (χ3v) is 5.49. The van der Waals surface area contributed by atoms with Crippen LogP contribution < -0.4 is 5.73 Å². The molecule has 1 saturated heterocycles. The number of nitrogens with zero attached hydrogens (tertiary/aromatic N) is 2. The van der Waals surface area contributed by atoms with Gasteiger partial charge in [0.15, 0.2) is 5.78 Å². The van der Waals surface area contributed by atoms with Crippen LogP contribution in [0.5, 0.6) is 0 Å². The van der Waals surface area contributed by atoms with E-state index < -0.39 is 0 Å². The molecule has 1 fully saturated rings. The summed E-state index contributed by atoms with van der Waals surface area (Å²) in [5.41, 5.74) is 9.02. The number of ketones is 1. The summed E-state index contributed by atoms with van der Waals surface area (Å²) in [7, 11) is 0. The molecule has 2 N–H and O–H groups in total. The maximum atomic E-state index is 13.1. The molecule has 1 aliphatic heterocycles. The average Bonchev–Trinajstić information content (AvgIpc) is 2.92. The van der Waals surface area contributed by atoms with Gasteiger partial charge in [-0.3, -0.25) is 14.5 Å². The molecule has 6 heteroatoms. The van der Waals surface area contributed by atoms with Crippen molar-refractivity contribution >= 4 is 11.7 Å². The fourth-order valence-corrected chi connectivity index (χ4v) is 3.76. The Morgan fingerprint density at radius 1 is 1.15 bits per heavy atom. The number of carbonyl (C=O) groups is 2. The number of piperidine rings is 1. The van der Waals surface area contributed by atoms with Crippen LogP contribution in [-0.2, 0) is 11.3 Å². The third-order valence-electron chi connectivity index (χ3n) is 5.49. The molecule has 2 aromatic rings. The Balaban J connectivity index is 1.67. The highest BCUT2D eigenvalue weighted by Crippen LogP contribution is 2.20. The molecule has 0 spiro atoms. The molecule has 0 aliphatic carbocycles. The van der Waals surface area contributed by atoms with Crippen LogP contribution in [0.2, 0.25) is 0 Å². The Morgan fingerprint density at radius 2 is 1.78 bits per heavy atom. The Hall–Kier alpha value is -2.47. The lowest BCUT2D eigenvalue weighted by atomic mass is 9.96. The van der Waals surface area contributed by atoms with Crippen LogP contribution in [0.15, 0.2) is 30.3 Å². The lowest BCUT2D eigenvalue weighted by Gasteiger charge is -2.29. The summed E-state index contributed by atoms with van der Waals surface area (Å²) in [6, 6.07) is 8.35. The van der Waals surface area contributed by atoms with Gasteiger partial charge in [-0.1, -0.05) is 12.1 Å². The van der Waals surface area contributed by atoms with E-state index in [1.165, 1.54) is 12.1 Å². The Kier molecular flexibility index (Phi) is 5.75. The van der Waals surface area contributed by atoms with Crippen molar-refractivity contribution in [2.24, 2.45) is 11.7 Å². The van der Waals surface area contributed by atoms with Crippen molar-refractivity contribution in [2.75, 3.05) is 19.6 Å². The molecule has 0 bridgehead atoms. The van der Waals surface area contributed by atoms with Gasteiger partial charge in [0.2, 0.25) is 5.91 Å². The molecule has 144 valence electrons. The second-order valence-electron chi connectivity index (χ2n) is 7.37. The summed E-state index contributed by atoms with van der Waals surface area (Å²) in [5, 5.41) is 0. The Labute approximate surface area is 159 Å². The lowest BCUT2D eigenvalue weighted by Crippen LogP contribution is -2.40. The number of aromatic nitrogens is 1. The van der Waals surface area contributed by atoms with Gasteiger partial charge in [0.25, 0.3) is 0 Å². The van der Waals surface area contributed by atoms with Crippen LogP contribution in [0.25, 0.3) is 0 Å². The highest BCUT2D eigenvalue weighted by Gasteiger charge is 2.25. The fraction of sp³-hybridized carbons (Fsp3) is 0.429. The summed E-state index contributed by atoms with van der Waals surface area (Å²) < 4.78 is 15.2. The largest absolute Gasteiger partial charge is 0.369 e. The monoisotopic (exact) mass is 371 g/mol. The first-order valence-electron chi connectivity index (χ1n) is 9.31. The first-order valence-corrected chi connectivity index (χ1v) is 9.31. The number of rotatable bonds is 6. The molecule has 27 heavy (non-hydrogen) atoms. The molecule has 5 nitrogen and oxygen atoms in total. The minimum absolute atomic E-state index is 0.0721. The van der Waals surface area contributed by atoms with E-state index in [4.69, 9.17) is 5.73 Å². The molecule has 1 aliphatic rings. The molecular weight excluding hydrogens is 345 g/mol. The van der Waals surface area contributed by atoms with Crippen molar-refractivity contribution in [1.82, 2.24) is 9.47 Å². The number of primary amides is 1. The minimum Gasteiger partial charge on any atom is -0.369 e. The van der Waals surface area contributed by atoms with Gasteiger partial charge in [0.05, 0.1) is 6.54 Å². The normalized spacial score (nSPS) is 15.8. The summed E-state index contributed by atoms with van der Waals surface area (Å²) in [6.07, 6.45) is 1.43. The number of carbonyl (C=O) groups excluding carboxylic acids is 2. The number of amides is 1. The maximum Gasteiger partial charge on any atom is 0.220 e. The Morgan fingerprint density at radius 3 is 2.37 bits per heavy atom. The quantitative estimate of drug-likeness (QED) is 0.794. The minimum atomic E-state index is -0.254. The smallest absolute Gasteiger partial charge is 0.220 e. The van der Waals surface area contributed by atoms with Crippen molar-refractivity contribution in [3.8, 4) is 0 Å². The van der Waals surface area contributed by atoms with E-state index in [-0.39, 0.29) is 23.4 Å². The summed E-state index contributed by atoms with van der Waals surface area (Å²) in [4.78, 5) is 26.2. The van der Waals surface area contributed by atoms with Crippen molar-refractivity contribution in [2.45, 2.75) is 33.2 Å². The number of aryl methyl sites for hydroxylation is 1. The number of halogens is 1. The van der Waals surface area contributed by atoms with E-state index in [0.29, 0.717) is 39.0 Å². The number of hydrogen-bond acceptors (Lipinski definition) is 3. The van der Waals surface area contributed by atoms with E-state index >= 15 is 0 Å². The number of nitrogens with two attached hydrogens (primary N) is 1. The van der Waals surface area contributed by atoms with Gasteiger partial charge in [0.1, 0.15) is 5.82 Å². The molecule has 2 heterocycles. The van der Waals surface area contributed by atoms with Crippen LogP contribution in [0.1, 0.15) is 40.2 Å². The standard InChI is InChI=1S/C21H26FN3O2/c1-14-11-19(15(2)25(14)12-16-3-5-18(22)6-4-16)20(26)13-24-9-7-17(8-10-24)21(23)27/h3-6,11,17H,7-10,12-13H2,1-2H3,(H2,23,27). The van der Waals surface area contributed by atoms with Gasteiger partial charge in [0, 0.05) is 29.4 Å². The fourth-order valence-electron chi connectivity index (χ4n) is 3.76. The van der Waals surface area contributed by atoms with Crippen LogP contribution in [-0.4, -0.2) is 40.8 Å². The van der Waals surface area contributed by atoms with Gasteiger partial charge in [-0.05, 0) is 63.5 Å². The average molecular weight is 371 g/mol. The van der Waals surface area contributed by atoms with Gasteiger partial charge in [-0.25, -0.2) is 4.39 Å². The molecule has 0 atom stereocenters. The van der Waals surface area contributed by atoms with Gasteiger partial charge >= 0.3 is 0 Å². The van der Waals surface area contributed by atoms with Crippen molar-refractivity contribution in [3.05, 3.63) is 58.7 Å². The lowest BCUT2D eigenvalue weighted by molar-refractivity contribution is -0.123. The van der Waals surface area contributed by atoms with E-state index in [0.717, 1.165) is 22.5 Å². The van der Waals surface area contributed by atoms with Crippen LogP contribution in [0, 0.1) is 25.6 Å². The summed E-state index contributed by atoms with van der Waals surface area (Å²) >= 11 is 0. The molecule has 1 aromatic carbocycles. The second-order valence-corrected chi connectivity index (χ2v) is 7.37. The zero-order chi connectivity index (χ0) is 19.6.